The Balaban J connectivity index is 0.00000131. The number of benzene rings is 1. The van der Waals surface area contributed by atoms with E-state index >= 15 is 0 Å². The van der Waals surface area contributed by atoms with E-state index in [1.54, 1.807) is 0 Å². The normalized spacial score (nSPS) is 23.5. The van der Waals surface area contributed by atoms with Crippen molar-refractivity contribution in [2.45, 2.75) is 64.1 Å². The summed E-state index contributed by atoms with van der Waals surface area (Å²) in [7, 11) is 0. The number of rotatable bonds is 6. The van der Waals surface area contributed by atoms with Crippen molar-refractivity contribution < 1.29 is 4.79 Å². The average Bonchev–Trinajstić information content (AvgIpc) is 3.10. The Kier molecular flexibility index (Phi) is 7.95. The number of aromatic nitrogens is 2. The van der Waals surface area contributed by atoms with E-state index in [1.807, 2.05) is 25.1 Å². The van der Waals surface area contributed by atoms with Gasteiger partial charge in [-0.2, -0.15) is 0 Å². The van der Waals surface area contributed by atoms with Gasteiger partial charge in [-0.3, -0.25) is 4.79 Å². The fraction of sp³-hybridized carbons (Fsp3) is 0.600. The minimum absolute atomic E-state index is 0. The van der Waals surface area contributed by atoms with Crippen LogP contribution in [0.2, 0.25) is 0 Å². The standard InChI is InChI=1S/C20H28N4O.2ClH/c1-14-22-18-5-2-3-6-19(18)24(14)10-4-9-21-20(25)13-15-11-16-7-8-17(12-15)23-16;;/h2-3,5-6,15-17,23H,4,7-13H2,1H3,(H,21,25);2*1H. The molecule has 2 aliphatic rings. The zero-order chi connectivity index (χ0) is 17.2. The van der Waals surface area contributed by atoms with Crippen molar-refractivity contribution >= 4 is 41.8 Å². The first kappa shape index (κ1) is 22.0. The van der Waals surface area contributed by atoms with Crippen LogP contribution >= 0.6 is 24.8 Å². The third kappa shape index (κ3) is 5.15. The molecule has 5 nitrogen and oxygen atoms in total. The van der Waals surface area contributed by atoms with Crippen LogP contribution in [0, 0.1) is 12.8 Å². The van der Waals surface area contributed by atoms with Crippen molar-refractivity contribution in [1.29, 1.82) is 0 Å². The van der Waals surface area contributed by atoms with E-state index in [4.69, 9.17) is 0 Å². The molecule has 0 aliphatic carbocycles. The zero-order valence-corrected chi connectivity index (χ0v) is 17.5. The van der Waals surface area contributed by atoms with Crippen LogP contribution < -0.4 is 10.6 Å². The van der Waals surface area contributed by atoms with E-state index in [9.17, 15) is 4.79 Å². The lowest BCUT2D eigenvalue weighted by atomic mass is 9.89. The van der Waals surface area contributed by atoms with Gasteiger partial charge in [-0.15, -0.1) is 24.8 Å². The summed E-state index contributed by atoms with van der Waals surface area (Å²) in [5.41, 5.74) is 2.22. The molecule has 3 heterocycles. The molecule has 27 heavy (non-hydrogen) atoms. The van der Waals surface area contributed by atoms with Gasteiger partial charge in [0.15, 0.2) is 0 Å². The number of piperidine rings is 1. The highest BCUT2D eigenvalue weighted by Crippen LogP contribution is 2.32. The van der Waals surface area contributed by atoms with Gasteiger partial charge in [0.2, 0.25) is 5.91 Å². The lowest BCUT2D eigenvalue weighted by molar-refractivity contribution is -0.122. The molecule has 7 heteroatoms. The van der Waals surface area contributed by atoms with E-state index in [-0.39, 0.29) is 30.7 Å². The summed E-state index contributed by atoms with van der Waals surface area (Å²) in [5.74, 6) is 1.83. The Morgan fingerprint density at radius 2 is 1.93 bits per heavy atom. The molecule has 2 unspecified atom stereocenters. The summed E-state index contributed by atoms with van der Waals surface area (Å²) in [5, 5.41) is 6.76. The molecule has 2 N–H and O–H groups in total. The summed E-state index contributed by atoms with van der Waals surface area (Å²) >= 11 is 0. The number of amides is 1. The number of hydrogen-bond donors (Lipinski definition) is 2. The van der Waals surface area contributed by atoms with Gasteiger partial charge < -0.3 is 15.2 Å². The van der Waals surface area contributed by atoms with Crippen LogP contribution in [0.1, 0.15) is 44.3 Å². The second-order valence-electron chi connectivity index (χ2n) is 7.68. The number of carbonyl (C=O) groups is 1. The summed E-state index contributed by atoms with van der Waals surface area (Å²) < 4.78 is 2.24. The third-order valence-electron chi connectivity index (χ3n) is 5.77. The van der Waals surface area contributed by atoms with E-state index < -0.39 is 0 Å². The maximum atomic E-state index is 12.2. The van der Waals surface area contributed by atoms with E-state index in [0.29, 0.717) is 24.4 Å². The van der Waals surface area contributed by atoms with E-state index in [1.165, 1.54) is 31.2 Å². The molecule has 0 radical (unpaired) electrons. The lowest BCUT2D eigenvalue weighted by Crippen LogP contribution is -2.39. The van der Waals surface area contributed by atoms with Gasteiger partial charge in [0.05, 0.1) is 11.0 Å². The molecule has 0 saturated carbocycles. The third-order valence-corrected chi connectivity index (χ3v) is 5.77. The van der Waals surface area contributed by atoms with Gasteiger partial charge in [0, 0.05) is 31.6 Å². The minimum Gasteiger partial charge on any atom is -0.356 e. The molecule has 0 spiro atoms. The largest absolute Gasteiger partial charge is 0.356 e. The van der Waals surface area contributed by atoms with Crippen LogP contribution in [0.3, 0.4) is 0 Å². The van der Waals surface area contributed by atoms with Gasteiger partial charge in [-0.05, 0) is 57.1 Å². The highest BCUT2D eigenvalue weighted by molar-refractivity contribution is 5.85. The van der Waals surface area contributed by atoms with Crippen molar-refractivity contribution in [3.63, 3.8) is 0 Å². The molecular weight excluding hydrogens is 383 g/mol. The van der Waals surface area contributed by atoms with Crippen LogP contribution in [0.5, 0.6) is 0 Å². The highest BCUT2D eigenvalue weighted by Gasteiger charge is 2.34. The molecule has 1 aromatic heterocycles. The first-order chi connectivity index (χ1) is 12.2. The SMILES string of the molecule is Cc1nc2ccccc2n1CCCNC(=O)CC1CC2CCC(C1)N2.Cl.Cl. The zero-order valence-electron chi connectivity index (χ0n) is 15.8. The summed E-state index contributed by atoms with van der Waals surface area (Å²) in [6.07, 6.45) is 6.56. The number of aryl methyl sites for hydroxylation is 2. The maximum absolute atomic E-state index is 12.2. The topological polar surface area (TPSA) is 59.0 Å². The fourth-order valence-corrected chi connectivity index (χ4v) is 4.62. The number of fused-ring (bicyclic) bond motifs is 3. The van der Waals surface area contributed by atoms with Gasteiger partial charge >= 0.3 is 0 Å². The molecule has 1 amide bonds. The number of para-hydroxylation sites is 2. The maximum Gasteiger partial charge on any atom is 0.220 e. The molecule has 4 rings (SSSR count). The lowest BCUT2D eigenvalue weighted by Gasteiger charge is -2.28. The fourth-order valence-electron chi connectivity index (χ4n) is 4.62. The minimum atomic E-state index is 0. The number of nitrogens with one attached hydrogen (secondary N) is 2. The van der Waals surface area contributed by atoms with Gasteiger partial charge in [0.1, 0.15) is 5.82 Å². The number of nitrogens with zero attached hydrogens (tertiary/aromatic N) is 2. The van der Waals surface area contributed by atoms with Crippen LogP contribution in [-0.2, 0) is 11.3 Å². The molecule has 2 bridgehead atoms. The molecule has 150 valence electrons. The Labute approximate surface area is 173 Å². The second-order valence-corrected chi connectivity index (χ2v) is 7.68. The van der Waals surface area contributed by atoms with Gasteiger partial charge in [-0.1, -0.05) is 12.1 Å². The molecule has 2 saturated heterocycles. The monoisotopic (exact) mass is 412 g/mol. The Bertz CT molecular complexity index is 752. The number of imidazole rings is 1. The molecule has 1 aromatic carbocycles. The van der Waals surface area contributed by atoms with Crippen LogP contribution in [0.4, 0.5) is 0 Å². The number of carbonyl (C=O) groups excluding carboxylic acids is 1. The first-order valence-corrected chi connectivity index (χ1v) is 9.63. The molecule has 2 aromatic rings. The van der Waals surface area contributed by atoms with Crippen molar-refractivity contribution in [2.24, 2.45) is 5.92 Å². The molecule has 2 atom stereocenters. The highest BCUT2D eigenvalue weighted by atomic mass is 35.5. The van der Waals surface area contributed by atoms with E-state index in [0.717, 1.165) is 30.9 Å². The van der Waals surface area contributed by atoms with Gasteiger partial charge in [-0.25, -0.2) is 4.98 Å². The van der Waals surface area contributed by atoms with Crippen molar-refractivity contribution in [3.8, 4) is 0 Å². The smallest absolute Gasteiger partial charge is 0.220 e. The Morgan fingerprint density at radius 1 is 1.22 bits per heavy atom. The number of hydrogen-bond acceptors (Lipinski definition) is 3. The van der Waals surface area contributed by atoms with Crippen LogP contribution in [0.15, 0.2) is 24.3 Å². The summed E-state index contributed by atoms with van der Waals surface area (Å²) in [6, 6.07) is 9.55. The first-order valence-electron chi connectivity index (χ1n) is 9.63. The van der Waals surface area contributed by atoms with Gasteiger partial charge in [0.25, 0.3) is 0 Å². The quantitative estimate of drug-likeness (QED) is 0.712. The number of halogens is 2. The molecule has 2 fully saturated rings. The second kappa shape index (κ2) is 9.76. The van der Waals surface area contributed by atoms with Crippen LogP contribution in [-0.4, -0.2) is 34.1 Å². The van der Waals surface area contributed by atoms with Crippen molar-refractivity contribution in [2.75, 3.05) is 6.54 Å². The summed E-state index contributed by atoms with van der Waals surface area (Å²) in [4.78, 5) is 16.8. The van der Waals surface area contributed by atoms with Crippen molar-refractivity contribution in [3.05, 3.63) is 30.1 Å². The molecular formula is C20H30Cl2N4O. The Morgan fingerprint density at radius 3 is 2.67 bits per heavy atom. The Hall–Kier alpha value is -1.30. The van der Waals surface area contributed by atoms with Crippen LogP contribution in [0.25, 0.3) is 11.0 Å². The average molecular weight is 413 g/mol. The molecule has 2 aliphatic heterocycles. The predicted molar refractivity (Wildman–Crippen MR) is 114 cm³/mol. The predicted octanol–water partition coefficient (Wildman–Crippen LogP) is 3.62. The van der Waals surface area contributed by atoms with E-state index in [2.05, 4.69) is 26.3 Å². The van der Waals surface area contributed by atoms with Crippen molar-refractivity contribution in [1.82, 2.24) is 20.2 Å². The summed E-state index contributed by atoms with van der Waals surface area (Å²) in [6.45, 7) is 3.68.